The minimum absolute atomic E-state index is 0.0428. The molecule has 0 aromatic heterocycles. The van der Waals surface area contributed by atoms with Crippen molar-refractivity contribution < 1.29 is 19.5 Å². The summed E-state index contributed by atoms with van der Waals surface area (Å²) in [5, 5.41) is 12.6. The van der Waals surface area contributed by atoms with Crippen LogP contribution in [0.3, 0.4) is 0 Å². The molecule has 2 N–H and O–H groups in total. The third-order valence-electron chi connectivity index (χ3n) is 4.99. The second-order valence-electron chi connectivity index (χ2n) is 7.30. The van der Waals surface area contributed by atoms with Crippen LogP contribution in [-0.4, -0.2) is 72.0 Å². The van der Waals surface area contributed by atoms with Crippen molar-refractivity contribution in [1.29, 1.82) is 0 Å². The lowest BCUT2D eigenvalue weighted by atomic mass is 10.1. The molecular weight excluding hydrogens is 396 g/mol. The molecule has 0 atom stereocenters. The molecule has 8 nitrogen and oxygen atoms in total. The number of aliphatic hydroxyl groups excluding tert-OH is 1. The Labute approximate surface area is 174 Å². The molecule has 0 saturated carbocycles. The van der Waals surface area contributed by atoms with Crippen molar-refractivity contribution in [2.45, 2.75) is 13.8 Å². The predicted molar refractivity (Wildman–Crippen MR) is 111 cm³/mol. The Bertz CT molecular complexity index is 847. The zero-order chi connectivity index (χ0) is 21.1. The summed E-state index contributed by atoms with van der Waals surface area (Å²) >= 11 is 6.46. The number of para-hydroxylation sites is 1. The first kappa shape index (κ1) is 21.1. The monoisotopic (exact) mass is 420 g/mol. The van der Waals surface area contributed by atoms with Gasteiger partial charge in [0.1, 0.15) is 5.70 Å². The number of halogens is 1. The summed E-state index contributed by atoms with van der Waals surface area (Å²) in [5.74, 6) is -0.858. The summed E-state index contributed by atoms with van der Waals surface area (Å²) in [6.07, 6.45) is 1.22. The molecule has 9 heteroatoms. The Morgan fingerprint density at radius 1 is 1.21 bits per heavy atom. The predicted octanol–water partition coefficient (Wildman–Crippen LogP) is 1.30. The molecule has 2 aliphatic rings. The summed E-state index contributed by atoms with van der Waals surface area (Å²) in [5.41, 5.74) is 1.48. The molecule has 0 radical (unpaired) electrons. The van der Waals surface area contributed by atoms with Crippen LogP contribution >= 0.6 is 11.6 Å². The zero-order valence-corrected chi connectivity index (χ0v) is 17.3. The van der Waals surface area contributed by atoms with E-state index < -0.39 is 11.8 Å². The van der Waals surface area contributed by atoms with Crippen LogP contribution in [0.15, 0.2) is 30.0 Å². The molecule has 0 aliphatic carbocycles. The van der Waals surface area contributed by atoms with Gasteiger partial charge in [-0.3, -0.25) is 19.3 Å². The van der Waals surface area contributed by atoms with Crippen LogP contribution in [0.1, 0.15) is 13.8 Å². The van der Waals surface area contributed by atoms with E-state index in [-0.39, 0.29) is 30.7 Å². The molecule has 1 aromatic carbocycles. The number of anilines is 2. The van der Waals surface area contributed by atoms with Crippen molar-refractivity contribution in [2.75, 3.05) is 49.5 Å². The van der Waals surface area contributed by atoms with Gasteiger partial charge in [-0.15, -0.1) is 0 Å². The van der Waals surface area contributed by atoms with Crippen LogP contribution in [-0.2, 0) is 14.4 Å². The lowest BCUT2D eigenvalue weighted by molar-refractivity contribution is -0.138. The number of imide groups is 1. The van der Waals surface area contributed by atoms with E-state index in [0.717, 1.165) is 10.6 Å². The highest BCUT2D eigenvalue weighted by molar-refractivity contribution is 6.34. The minimum Gasteiger partial charge on any atom is -0.395 e. The second kappa shape index (κ2) is 8.84. The quantitative estimate of drug-likeness (QED) is 0.674. The summed E-state index contributed by atoms with van der Waals surface area (Å²) in [7, 11) is 0. The third kappa shape index (κ3) is 4.38. The van der Waals surface area contributed by atoms with Gasteiger partial charge in [-0.1, -0.05) is 31.5 Å². The Balaban J connectivity index is 1.77. The van der Waals surface area contributed by atoms with Gasteiger partial charge in [-0.25, -0.2) is 0 Å². The molecule has 1 saturated heterocycles. The SMILES string of the molecule is CC(C)C(=O)N1CCN(c2c(Cl)cccc2NC2=CC(=O)N(CCO)C2=O)CC1. The van der Waals surface area contributed by atoms with Gasteiger partial charge < -0.3 is 20.2 Å². The third-order valence-corrected chi connectivity index (χ3v) is 5.30. The van der Waals surface area contributed by atoms with Crippen molar-refractivity contribution in [1.82, 2.24) is 9.80 Å². The number of nitrogens with zero attached hydrogens (tertiary/aromatic N) is 3. The van der Waals surface area contributed by atoms with E-state index in [2.05, 4.69) is 10.2 Å². The number of hydrogen-bond acceptors (Lipinski definition) is 6. The molecule has 1 aromatic rings. The number of hydrogen-bond donors (Lipinski definition) is 2. The minimum atomic E-state index is -0.484. The number of aliphatic hydroxyl groups is 1. The highest BCUT2D eigenvalue weighted by atomic mass is 35.5. The molecule has 2 aliphatic heterocycles. The fraction of sp³-hybridized carbons (Fsp3) is 0.450. The molecule has 2 heterocycles. The van der Waals surface area contributed by atoms with Crippen molar-refractivity contribution in [3.05, 3.63) is 35.0 Å². The fourth-order valence-corrected chi connectivity index (χ4v) is 3.80. The number of amides is 3. The molecule has 0 unspecified atom stereocenters. The van der Waals surface area contributed by atoms with E-state index in [9.17, 15) is 14.4 Å². The highest BCUT2D eigenvalue weighted by Gasteiger charge is 2.32. The molecule has 1 fully saturated rings. The Morgan fingerprint density at radius 3 is 2.52 bits per heavy atom. The lowest BCUT2D eigenvalue weighted by Crippen LogP contribution is -2.50. The van der Waals surface area contributed by atoms with Gasteiger partial charge >= 0.3 is 0 Å². The molecule has 0 spiro atoms. The Morgan fingerprint density at radius 2 is 1.90 bits per heavy atom. The molecule has 0 bridgehead atoms. The fourth-order valence-electron chi connectivity index (χ4n) is 3.51. The van der Waals surface area contributed by atoms with Crippen LogP contribution in [0, 0.1) is 5.92 Å². The molecule has 3 amide bonds. The van der Waals surface area contributed by atoms with Crippen molar-refractivity contribution in [3.63, 3.8) is 0 Å². The largest absolute Gasteiger partial charge is 0.395 e. The first-order valence-corrected chi connectivity index (χ1v) is 9.99. The van der Waals surface area contributed by atoms with E-state index in [1.165, 1.54) is 6.08 Å². The lowest BCUT2D eigenvalue weighted by Gasteiger charge is -2.38. The Kier molecular flexibility index (Phi) is 6.44. The average Bonchev–Trinajstić information content (AvgIpc) is 2.95. The first-order chi connectivity index (χ1) is 13.8. The number of piperazine rings is 1. The maximum atomic E-state index is 12.4. The standard InChI is InChI=1S/C20H25ClN4O4/c1-13(2)19(28)24-8-6-23(7-9-24)18-14(21)4-3-5-15(18)22-16-12-17(27)25(10-11-26)20(16)29/h3-5,12-13,22,26H,6-11H2,1-2H3. The topological polar surface area (TPSA) is 93.2 Å². The second-order valence-corrected chi connectivity index (χ2v) is 7.71. The number of nitrogens with one attached hydrogen (secondary N) is 1. The van der Waals surface area contributed by atoms with Gasteiger partial charge in [0.05, 0.1) is 29.5 Å². The van der Waals surface area contributed by atoms with E-state index in [1.807, 2.05) is 18.7 Å². The molecule has 156 valence electrons. The Hall–Kier alpha value is -2.58. The summed E-state index contributed by atoms with van der Waals surface area (Å²) in [6.45, 7) is 5.84. The highest BCUT2D eigenvalue weighted by Crippen LogP contribution is 2.36. The van der Waals surface area contributed by atoms with Gasteiger partial charge in [0, 0.05) is 38.2 Å². The number of carbonyl (C=O) groups excluding carboxylic acids is 3. The maximum absolute atomic E-state index is 12.4. The van der Waals surface area contributed by atoms with E-state index in [1.54, 1.807) is 18.2 Å². The zero-order valence-electron chi connectivity index (χ0n) is 16.5. The van der Waals surface area contributed by atoms with Crippen molar-refractivity contribution >= 4 is 40.7 Å². The van der Waals surface area contributed by atoms with Crippen LogP contribution in [0.4, 0.5) is 11.4 Å². The van der Waals surface area contributed by atoms with Crippen molar-refractivity contribution in [3.8, 4) is 0 Å². The van der Waals surface area contributed by atoms with Gasteiger partial charge in [-0.05, 0) is 12.1 Å². The van der Waals surface area contributed by atoms with Crippen LogP contribution in [0.25, 0.3) is 0 Å². The van der Waals surface area contributed by atoms with Crippen LogP contribution in [0.5, 0.6) is 0 Å². The molecule has 29 heavy (non-hydrogen) atoms. The maximum Gasteiger partial charge on any atom is 0.277 e. The molecular formula is C20H25ClN4O4. The number of rotatable bonds is 6. The average molecular weight is 421 g/mol. The summed E-state index contributed by atoms with van der Waals surface area (Å²) in [6, 6.07) is 5.32. The van der Waals surface area contributed by atoms with Crippen molar-refractivity contribution in [2.24, 2.45) is 5.92 Å². The van der Waals surface area contributed by atoms with Gasteiger partial charge in [0.2, 0.25) is 5.91 Å². The number of β-amino-alcohol motifs (C(OH)–C–C–N with tert-alkyl or cyclic N) is 1. The smallest absolute Gasteiger partial charge is 0.277 e. The van der Waals surface area contributed by atoms with Gasteiger partial charge in [0.15, 0.2) is 0 Å². The number of benzene rings is 1. The molecule has 3 rings (SSSR count). The summed E-state index contributed by atoms with van der Waals surface area (Å²) < 4.78 is 0. The normalized spacial score (nSPS) is 17.3. The van der Waals surface area contributed by atoms with E-state index >= 15 is 0 Å². The number of carbonyl (C=O) groups is 3. The van der Waals surface area contributed by atoms with Gasteiger partial charge in [-0.2, -0.15) is 0 Å². The summed E-state index contributed by atoms with van der Waals surface area (Å²) in [4.78, 5) is 41.6. The first-order valence-electron chi connectivity index (χ1n) is 9.61. The van der Waals surface area contributed by atoms with E-state index in [4.69, 9.17) is 16.7 Å². The van der Waals surface area contributed by atoms with Crippen LogP contribution < -0.4 is 10.2 Å². The van der Waals surface area contributed by atoms with Crippen LogP contribution in [0.2, 0.25) is 5.02 Å². The van der Waals surface area contributed by atoms with E-state index in [0.29, 0.717) is 36.9 Å². The van der Waals surface area contributed by atoms with Gasteiger partial charge in [0.25, 0.3) is 11.8 Å².